The molecule has 1 unspecified atom stereocenters. The summed E-state index contributed by atoms with van der Waals surface area (Å²) in [4.78, 5) is 4.65. The van der Waals surface area contributed by atoms with Crippen LogP contribution in [0.25, 0.3) is 11.4 Å². The molecule has 8 heteroatoms. The number of nitrogens with two attached hydrogens (primary N) is 1. The van der Waals surface area contributed by atoms with Crippen LogP contribution in [0.2, 0.25) is 0 Å². The first-order chi connectivity index (χ1) is 14.0. The summed E-state index contributed by atoms with van der Waals surface area (Å²) in [5.41, 5.74) is 8.99. The Kier molecular flexibility index (Phi) is 5.35. The summed E-state index contributed by atoms with van der Waals surface area (Å²) >= 11 is 5.37. The molecule has 0 fully saturated rings. The molecule has 1 atom stereocenters. The van der Waals surface area contributed by atoms with Gasteiger partial charge < -0.3 is 24.5 Å². The van der Waals surface area contributed by atoms with Crippen molar-refractivity contribution in [2.24, 2.45) is 5.73 Å². The molecule has 0 spiro atoms. The van der Waals surface area contributed by atoms with Crippen molar-refractivity contribution < 1.29 is 18.7 Å². The highest BCUT2D eigenvalue weighted by atomic mass is 32.1. The Morgan fingerprint density at radius 2 is 1.97 bits per heavy atom. The fourth-order valence-corrected chi connectivity index (χ4v) is 3.54. The van der Waals surface area contributed by atoms with E-state index in [1.54, 1.807) is 14.0 Å². The molecule has 0 bridgehead atoms. The van der Waals surface area contributed by atoms with Crippen LogP contribution in [0, 0.1) is 6.92 Å². The van der Waals surface area contributed by atoms with Gasteiger partial charge in [0.15, 0.2) is 11.5 Å². The molecule has 29 heavy (non-hydrogen) atoms. The number of methoxy groups -OCH3 is 1. The molecule has 4 rings (SSSR count). The van der Waals surface area contributed by atoms with E-state index >= 15 is 0 Å². The molecule has 0 radical (unpaired) electrons. The zero-order chi connectivity index (χ0) is 20.4. The van der Waals surface area contributed by atoms with Gasteiger partial charge in [-0.15, -0.1) is 0 Å². The number of thiocarbonyl (C=S) groups is 1. The monoisotopic (exact) mass is 411 g/mol. The fourth-order valence-electron chi connectivity index (χ4n) is 3.32. The SMILES string of the molecule is COc1cc(C(Cc2ccc(-c3noc(C)n3)cc2)C(N)=S)cc2c1OCCO2. The molecular weight excluding hydrogens is 390 g/mol. The third-order valence-corrected chi connectivity index (χ3v) is 5.06. The van der Waals surface area contributed by atoms with E-state index in [-0.39, 0.29) is 5.92 Å². The van der Waals surface area contributed by atoms with Gasteiger partial charge in [-0.3, -0.25) is 0 Å². The molecule has 1 aliphatic rings. The first-order valence-corrected chi connectivity index (χ1v) is 9.62. The van der Waals surface area contributed by atoms with Crippen LogP contribution in [-0.4, -0.2) is 35.5 Å². The lowest BCUT2D eigenvalue weighted by molar-refractivity contribution is 0.165. The lowest BCUT2D eigenvalue weighted by Crippen LogP contribution is -2.22. The molecule has 0 saturated heterocycles. The predicted octanol–water partition coefficient (Wildman–Crippen LogP) is 3.44. The van der Waals surface area contributed by atoms with Gasteiger partial charge in [0.1, 0.15) is 13.2 Å². The molecule has 2 heterocycles. The maximum Gasteiger partial charge on any atom is 0.223 e. The average molecular weight is 411 g/mol. The third kappa shape index (κ3) is 4.02. The number of aryl methyl sites for hydroxylation is 1. The molecule has 7 nitrogen and oxygen atoms in total. The molecule has 3 aromatic rings. The molecular formula is C21H21N3O4S. The van der Waals surface area contributed by atoms with Crippen molar-refractivity contribution in [1.29, 1.82) is 0 Å². The normalized spacial score (nSPS) is 13.7. The molecule has 0 aliphatic carbocycles. The summed E-state index contributed by atoms with van der Waals surface area (Å²) in [7, 11) is 1.60. The smallest absolute Gasteiger partial charge is 0.223 e. The molecule has 150 valence electrons. The number of benzene rings is 2. The van der Waals surface area contributed by atoms with E-state index < -0.39 is 0 Å². The lowest BCUT2D eigenvalue weighted by Gasteiger charge is -2.24. The summed E-state index contributed by atoms with van der Waals surface area (Å²) in [5, 5.41) is 3.95. The number of ether oxygens (including phenoxy) is 3. The Labute approximate surface area is 173 Å². The van der Waals surface area contributed by atoms with Gasteiger partial charge in [0.2, 0.25) is 17.5 Å². The van der Waals surface area contributed by atoms with Gasteiger partial charge in [0.05, 0.1) is 12.1 Å². The Morgan fingerprint density at radius 3 is 2.62 bits per heavy atom. The minimum absolute atomic E-state index is 0.173. The van der Waals surface area contributed by atoms with Crippen LogP contribution < -0.4 is 19.9 Å². The highest BCUT2D eigenvalue weighted by molar-refractivity contribution is 7.80. The van der Waals surface area contributed by atoms with Crippen molar-refractivity contribution >= 4 is 17.2 Å². The standard InChI is InChI=1S/C21H21N3O4S/c1-12-23-21(24-28-12)14-5-3-13(4-6-14)9-16(20(22)29)15-10-17(25-2)19-18(11-15)26-7-8-27-19/h3-6,10-11,16H,7-9H2,1-2H3,(H2,22,29). The van der Waals surface area contributed by atoms with Gasteiger partial charge in [-0.05, 0) is 29.7 Å². The van der Waals surface area contributed by atoms with Crippen LogP contribution in [0.4, 0.5) is 0 Å². The number of hydrogen-bond donors (Lipinski definition) is 1. The topological polar surface area (TPSA) is 92.6 Å². The lowest BCUT2D eigenvalue weighted by atomic mass is 9.91. The highest BCUT2D eigenvalue weighted by Crippen LogP contribution is 2.42. The molecule has 2 aromatic carbocycles. The van der Waals surface area contributed by atoms with Crippen LogP contribution in [0.1, 0.15) is 22.9 Å². The van der Waals surface area contributed by atoms with Crippen molar-refractivity contribution in [1.82, 2.24) is 10.1 Å². The van der Waals surface area contributed by atoms with E-state index in [0.29, 0.717) is 53.6 Å². The van der Waals surface area contributed by atoms with E-state index in [0.717, 1.165) is 16.7 Å². The van der Waals surface area contributed by atoms with Crippen molar-refractivity contribution in [3.8, 4) is 28.6 Å². The zero-order valence-electron chi connectivity index (χ0n) is 16.2. The van der Waals surface area contributed by atoms with Gasteiger partial charge >= 0.3 is 0 Å². The Morgan fingerprint density at radius 1 is 1.21 bits per heavy atom. The van der Waals surface area contributed by atoms with E-state index in [9.17, 15) is 0 Å². The largest absolute Gasteiger partial charge is 0.493 e. The number of nitrogens with zero attached hydrogens (tertiary/aromatic N) is 2. The number of rotatable bonds is 6. The van der Waals surface area contributed by atoms with Crippen molar-refractivity contribution in [3.05, 3.63) is 53.4 Å². The summed E-state index contributed by atoms with van der Waals surface area (Å²) in [5.74, 6) is 2.80. The van der Waals surface area contributed by atoms with E-state index in [1.165, 1.54) is 0 Å². The van der Waals surface area contributed by atoms with Gasteiger partial charge in [-0.2, -0.15) is 4.98 Å². The Balaban J connectivity index is 1.61. The van der Waals surface area contributed by atoms with E-state index in [1.807, 2.05) is 36.4 Å². The number of aromatic nitrogens is 2. The summed E-state index contributed by atoms with van der Waals surface area (Å²) < 4.78 is 22.0. The Bertz CT molecular complexity index is 1020. The minimum Gasteiger partial charge on any atom is -0.493 e. The second kappa shape index (κ2) is 8.08. The Hall–Kier alpha value is -3.13. The van der Waals surface area contributed by atoms with Crippen LogP contribution in [0.15, 0.2) is 40.9 Å². The molecule has 2 N–H and O–H groups in total. The third-order valence-electron chi connectivity index (χ3n) is 4.78. The van der Waals surface area contributed by atoms with Gasteiger partial charge in [0, 0.05) is 18.4 Å². The van der Waals surface area contributed by atoms with Crippen molar-refractivity contribution in [3.63, 3.8) is 0 Å². The van der Waals surface area contributed by atoms with Crippen LogP contribution in [0.3, 0.4) is 0 Å². The van der Waals surface area contributed by atoms with Crippen LogP contribution in [-0.2, 0) is 6.42 Å². The minimum atomic E-state index is -0.173. The number of hydrogen-bond acceptors (Lipinski definition) is 7. The van der Waals surface area contributed by atoms with Crippen molar-refractivity contribution in [2.45, 2.75) is 19.3 Å². The molecule has 1 aliphatic heterocycles. The quantitative estimate of drug-likeness (QED) is 0.617. The average Bonchev–Trinajstić information content (AvgIpc) is 3.17. The summed E-state index contributed by atoms with van der Waals surface area (Å²) in [6, 6.07) is 11.8. The maximum absolute atomic E-state index is 6.09. The van der Waals surface area contributed by atoms with E-state index in [2.05, 4.69) is 10.1 Å². The molecule has 0 amide bonds. The maximum atomic E-state index is 6.09. The first-order valence-electron chi connectivity index (χ1n) is 9.21. The summed E-state index contributed by atoms with van der Waals surface area (Å²) in [6.07, 6.45) is 0.643. The predicted molar refractivity (Wildman–Crippen MR) is 112 cm³/mol. The van der Waals surface area contributed by atoms with Crippen LogP contribution >= 0.6 is 12.2 Å². The molecule has 0 saturated carbocycles. The number of fused-ring (bicyclic) bond motifs is 1. The molecule has 1 aromatic heterocycles. The zero-order valence-corrected chi connectivity index (χ0v) is 17.0. The van der Waals surface area contributed by atoms with E-state index in [4.69, 9.17) is 36.7 Å². The first kappa shape index (κ1) is 19.2. The fraction of sp³-hybridized carbons (Fsp3) is 0.286. The summed E-state index contributed by atoms with van der Waals surface area (Å²) in [6.45, 7) is 2.75. The van der Waals surface area contributed by atoms with Crippen molar-refractivity contribution in [2.75, 3.05) is 20.3 Å². The van der Waals surface area contributed by atoms with Gasteiger partial charge in [0.25, 0.3) is 0 Å². The van der Waals surface area contributed by atoms with Crippen LogP contribution in [0.5, 0.6) is 17.2 Å². The van der Waals surface area contributed by atoms with Gasteiger partial charge in [-0.25, -0.2) is 0 Å². The second-order valence-corrected chi connectivity index (χ2v) is 7.21. The highest BCUT2D eigenvalue weighted by Gasteiger charge is 2.23. The second-order valence-electron chi connectivity index (χ2n) is 6.74. The van der Waals surface area contributed by atoms with Gasteiger partial charge in [-0.1, -0.05) is 41.6 Å².